The van der Waals surface area contributed by atoms with Crippen molar-refractivity contribution in [2.45, 2.75) is 19.4 Å². The van der Waals surface area contributed by atoms with Crippen molar-refractivity contribution in [3.05, 3.63) is 66.2 Å². The highest BCUT2D eigenvalue weighted by Crippen LogP contribution is 2.31. The molecule has 8 heteroatoms. The SMILES string of the molecule is COc1ccc(C(=O)NC2CCN(c3ccc(-n4cnc(C)c4)c(OC)c3)C2=O)cc1. The lowest BCUT2D eigenvalue weighted by Gasteiger charge is -2.19. The van der Waals surface area contributed by atoms with Gasteiger partial charge in [0.1, 0.15) is 17.5 Å². The number of aryl methyl sites for hydroxylation is 1. The number of hydrogen-bond acceptors (Lipinski definition) is 5. The largest absolute Gasteiger partial charge is 0.497 e. The van der Waals surface area contributed by atoms with Crippen molar-refractivity contribution in [3.8, 4) is 17.2 Å². The summed E-state index contributed by atoms with van der Waals surface area (Å²) in [4.78, 5) is 31.4. The van der Waals surface area contributed by atoms with Crippen LogP contribution < -0.4 is 19.7 Å². The third kappa shape index (κ3) is 4.09. The zero-order valence-corrected chi connectivity index (χ0v) is 17.7. The van der Waals surface area contributed by atoms with Gasteiger partial charge in [-0.3, -0.25) is 9.59 Å². The van der Waals surface area contributed by atoms with Crippen LogP contribution in [0.15, 0.2) is 55.0 Å². The number of methoxy groups -OCH3 is 2. The number of rotatable bonds is 6. The van der Waals surface area contributed by atoms with Gasteiger partial charge in [-0.15, -0.1) is 0 Å². The molecule has 2 heterocycles. The first kappa shape index (κ1) is 20.5. The fourth-order valence-electron chi connectivity index (χ4n) is 3.65. The molecule has 1 unspecified atom stereocenters. The first-order chi connectivity index (χ1) is 15.0. The Kier molecular flexibility index (Phi) is 5.62. The second-order valence-electron chi connectivity index (χ2n) is 7.31. The van der Waals surface area contributed by atoms with Gasteiger partial charge in [-0.1, -0.05) is 0 Å². The van der Waals surface area contributed by atoms with Crippen molar-refractivity contribution in [1.29, 1.82) is 0 Å². The van der Waals surface area contributed by atoms with Gasteiger partial charge < -0.3 is 24.3 Å². The number of benzene rings is 2. The molecule has 0 saturated carbocycles. The van der Waals surface area contributed by atoms with Gasteiger partial charge in [-0.05, 0) is 49.7 Å². The number of nitrogens with zero attached hydrogens (tertiary/aromatic N) is 3. The molecule has 160 valence electrons. The van der Waals surface area contributed by atoms with Crippen LogP contribution in [-0.2, 0) is 4.79 Å². The smallest absolute Gasteiger partial charge is 0.251 e. The second kappa shape index (κ2) is 8.51. The predicted octanol–water partition coefficient (Wildman–Crippen LogP) is 2.73. The highest BCUT2D eigenvalue weighted by atomic mass is 16.5. The number of ether oxygens (including phenoxy) is 2. The molecule has 1 fully saturated rings. The van der Waals surface area contributed by atoms with Gasteiger partial charge >= 0.3 is 0 Å². The lowest BCUT2D eigenvalue weighted by molar-refractivity contribution is -0.118. The molecule has 2 aromatic carbocycles. The third-order valence-corrected chi connectivity index (χ3v) is 5.33. The lowest BCUT2D eigenvalue weighted by Crippen LogP contribution is -2.41. The number of nitrogens with one attached hydrogen (secondary N) is 1. The van der Waals surface area contributed by atoms with Crippen LogP contribution >= 0.6 is 0 Å². The Morgan fingerprint density at radius 3 is 2.55 bits per heavy atom. The van der Waals surface area contributed by atoms with Gasteiger partial charge in [0, 0.05) is 30.1 Å². The zero-order valence-electron chi connectivity index (χ0n) is 17.7. The maximum Gasteiger partial charge on any atom is 0.251 e. The molecule has 0 spiro atoms. The zero-order chi connectivity index (χ0) is 22.0. The summed E-state index contributed by atoms with van der Waals surface area (Å²) >= 11 is 0. The monoisotopic (exact) mass is 420 g/mol. The number of hydrogen-bond donors (Lipinski definition) is 1. The number of aromatic nitrogens is 2. The average Bonchev–Trinajstić information content (AvgIpc) is 3.39. The molecular formula is C23H24N4O4. The van der Waals surface area contributed by atoms with E-state index in [9.17, 15) is 9.59 Å². The summed E-state index contributed by atoms with van der Waals surface area (Å²) in [5.74, 6) is 0.873. The van der Waals surface area contributed by atoms with E-state index in [0.29, 0.717) is 30.0 Å². The lowest BCUT2D eigenvalue weighted by atomic mass is 10.1. The Bertz CT molecular complexity index is 1110. The number of anilines is 1. The molecule has 0 radical (unpaired) electrons. The maximum absolute atomic E-state index is 13.0. The number of carbonyl (C=O) groups is 2. The van der Waals surface area contributed by atoms with Crippen molar-refractivity contribution >= 4 is 17.5 Å². The summed E-state index contributed by atoms with van der Waals surface area (Å²) < 4.78 is 12.5. The van der Waals surface area contributed by atoms with Crippen molar-refractivity contribution in [1.82, 2.24) is 14.9 Å². The van der Waals surface area contributed by atoms with E-state index in [-0.39, 0.29) is 11.8 Å². The fourth-order valence-corrected chi connectivity index (χ4v) is 3.65. The maximum atomic E-state index is 13.0. The highest BCUT2D eigenvalue weighted by molar-refractivity contribution is 6.04. The Labute approximate surface area is 180 Å². The van der Waals surface area contributed by atoms with Crippen molar-refractivity contribution in [2.75, 3.05) is 25.7 Å². The minimum Gasteiger partial charge on any atom is -0.497 e. The van der Waals surface area contributed by atoms with E-state index in [0.717, 1.165) is 17.1 Å². The topological polar surface area (TPSA) is 85.7 Å². The molecule has 1 aliphatic rings. The molecule has 1 saturated heterocycles. The molecule has 3 aromatic rings. The van der Waals surface area contributed by atoms with E-state index in [1.165, 1.54) is 0 Å². The van der Waals surface area contributed by atoms with E-state index in [4.69, 9.17) is 9.47 Å². The van der Waals surface area contributed by atoms with E-state index < -0.39 is 6.04 Å². The number of carbonyl (C=O) groups excluding carboxylic acids is 2. The molecule has 1 atom stereocenters. The second-order valence-corrected chi connectivity index (χ2v) is 7.31. The van der Waals surface area contributed by atoms with Crippen LogP contribution in [0.5, 0.6) is 11.5 Å². The average molecular weight is 420 g/mol. The minimum atomic E-state index is -0.573. The molecule has 1 aliphatic heterocycles. The van der Waals surface area contributed by atoms with Crippen LogP contribution in [0.4, 0.5) is 5.69 Å². The van der Waals surface area contributed by atoms with Gasteiger partial charge in [0.25, 0.3) is 5.91 Å². The van der Waals surface area contributed by atoms with Gasteiger partial charge in [-0.2, -0.15) is 0 Å². The Balaban J connectivity index is 1.48. The Morgan fingerprint density at radius 1 is 1.13 bits per heavy atom. The summed E-state index contributed by atoms with van der Waals surface area (Å²) in [6.07, 6.45) is 4.16. The Hall–Kier alpha value is -3.81. The van der Waals surface area contributed by atoms with Crippen molar-refractivity contribution in [3.63, 3.8) is 0 Å². The first-order valence-corrected chi connectivity index (χ1v) is 9.95. The molecule has 2 amide bonds. The summed E-state index contributed by atoms with van der Waals surface area (Å²) in [7, 11) is 3.16. The van der Waals surface area contributed by atoms with Gasteiger partial charge in [0.05, 0.1) is 31.9 Å². The summed E-state index contributed by atoms with van der Waals surface area (Å²) in [5, 5.41) is 2.84. The summed E-state index contributed by atoms with van der Waals surface area (Å²) in [6.45, 7) is 2.43. The van der Waals surface area contributed by atoms with Gasteiger partial charge in [0.2, 0.25) is 5.91 Å². The summed E-state index contributed by atoms with van der Waals surface area (Å²) in [6, 6.07) is 11.8. The first-order valence-electron chi connectivity index (χ1n) is 9.95. The molecule has 1 N–H and O–H groups in total. The van der Waals surface area contributed by atoms with Crippen LogP contribution in [-0.4, -0.2) is 48.2 Å². The van der Waals surface area contributed by atoms with E-state index in [1.807, 2.05) is 35.9 Å². The quantitative estimate of drug-likeness (QED) is 0.663. The molecule has 0 aliphatic carbocycles. The van der Waals surface area contributed by atoms with Crippen molar-refractivity contribution in [2.24, 2.45) is 0 Å². The molecule has 4 rings (SSSR count). The van der Waals surface area contributed by atoms with Gasteiger partial charge in [-0.25, -0.2) is 4.98 Å². The van der Waals surface area contributed by atoms with E-state index >= 15 is 0 Å². The molecular weight excluding hydrogens is 396 g/mol. The molecule has 31 heavy (non-hydrogen) atoms. The standard InChI is InChI=1S/C23H24N4O4/c1-15-13-26(14-24-15)20-9-6-17(12-21(20)31-3)27-11-10-19(23(27)29)25-22(28)16-4-7-18(30-2)8-5-16/h4-9,12-14,19H,10-11H2,1-3H3,(H,25,28). The highest BCUT2D eigenvalue weighted by Gasteiger charge is 2.34. The van der Waals surface area contributed by atoms with Crippen molar-refractivity contribution < 1.29 is 19.1 Å². The van der Waals surface area contributed by atoms with E-state index in [1.54, 1.807) is 49.7 Å². The van der Waals surface area contributed by atoms with E-state index in [2.05, 4.69) is 10.3 Å². The molecule has 1 aromatic heterocycles. The summed E-state index contributed by atoms with van der Waals surface area (Å²) in [5.41, 5.74) is 2.94. The third-order valence-electron chi connectivity index (χ3n) is 5.33. The fraction of sp³-hybridized carbons (Fsp3) is 0.261. The van der Waals surface area contributed by atoms with Crippen LogP contribution in [0.1, 0.15) is 22.5 Å². The normalized spacial score (nSPS) is 15.8. The number of amides is 2. The molecule has 0 bridgehead atoms. The number of imidazole rings is 1. The van der Waals surface area contributed by atoms with Crippen LogP contribution in [0.25, 0.3) is 5.69 Å². The Morgan fingerprint density at radius 2 is 1.90 bits per heavy atom. The van der Waals surface area contributed by atoms with Crippen LogP contribution in [0.3, 0.4) is 0 Å². The van der Waals surface area contributed by atoms with Crippen LogP contribution in [0, 0.1) is 6.92 Å². The molecule has 8 nitrogen and oxygen atoms in total. The van der Waals surface area contributed by atoms with Gasteiger partial charge in [0.15, 0.2) is 0 Å². The minimum absolute atomic E-state index is 0.143. The predicted molar refractivity (Wildman–Crippen MR) is 116 cm³/mol. The van der Waals surface area contributed by atoms with Crippen LogP contribution in [0.2, 0.25) is 0 Å².